The molecule has 1 aromatic carbocycles. The molecular weight excluding hydrogens is 270 g/mol. The topological polar surface area (TPSA) is 81.7 Å². The van der Waals surface area contributed by atoms with E-state index in [1.54, 1.807) is 13.0 Å². The monoisotopic (exact) mass is 293 g/mol. The predicted octanol–water partition coefficient (Wildman–Crippen LogP) is 2.12. The molecule has 0 bridgehead atoms. The van der Waals surface area contributed by atoms with E-state index in [9.17, 15) is 14.7 Å². The number of hydrogen-bond acceptors (Lipinski definition) is 3. The quantitative estimate of drug-likeness (QED) is 0.750. The molecule has 21 heavy (non-hydrogen) atoms. The molecule has 0 aliphatic rings. The van der Waals surface area contributed by atoms with Gasteiger partial charge in [-0.15, -0.1) is 0 Å². The fourth-order valence-corrected chi connectivity index (χ4v) is 2.06. The van der Waals surface area contributed by atoms with E-state index in [1.807, 2.05) is 25.2 Å². The molecule has 0 unspecified atom stereocenters. The van der Waals surface area contributed by atoms with Crippen molar-refractivity contribution in [2.75, 3.05) is 18.9 Å². The van der Waals surface area contributed by atoms with E-state index in [0.717, 1.165) is 5.56 Å². The number of carbonyl (C=O) groups excluding carboxylic acids is 1. The largest absolute Gasteiger partial charge is 0.480 e. The van der Waals surface area contributed by atoms with E-state index in [0.29, 0.717) is 18.8 Å². The summed E-state index contributed by atoms with van der Waals surface area (Å²) in [7, 11) is 1.85. The molecule has 1 rings (SSSR count). The summed E-state index contributed by atoms with van der Waals surface area (Å²) < 4.78 is 0. The third-order valence-corrected chi connectivity index (χ3v) is 3.32. The Labute approximate surface area is 125 Å². The molecule has 0 spiro atoms. The summed E-state index contributed by atoms with van der Waals surface area (Å²) in [5.74, 6) is -1.04. The van der Waals surface area contributed by atoms with Gasteiger partial charge in [-0.3, -0.25) is 0 Å². The molecule has 3 N–H and O–H groups in total. The third-order valence-electron chi connectivity index (χ3n) is 3.32. The third kappa shape index (κ3) is 4.19. The van der Waals surface area contributed by atoms with E-state index in [4.69, 9.17) is 0 Å². The van der Waals surface area contributed by atoms with Gasteiger partial charge < -0.3 is 20.6 Å². The molecule has 0 aliphatic heterocycles. The van der Waals surface area contributed by atoms with E-state index in [2.05, 4.69) is 10.6 Å². The highest BCUT2D eigenvalue weighted by atomic mass is 16.4. The zero-order valence-corrected chi connectivity index (χ0v) is 12.9. The van der Waals surface area contributed by atoms with Gasteiger partial charge in [0, 0.05) is 18.8 Å². The lowest BCUT2D eigenvalue weighted by atomic mass is 10.0. The van der Waals surface area contributed by atoms with Crippen LogP contribution in [0.25, 0.3) is 0 Å². The number of carboxylic acids is 1. The van der Waals surface area contributed by atoms with Gasteiger partial charge in [0.2, 0.25) is 0 Å². The van der Waals surface area contributed by atoms with Gasteiger partial charge in [0.15, 0.2) is 0 Å². The Morgan fingerprint density at radius 2 is 2.00 bits per heavy atom. The second-order valence-corrected chi connectivity index (χ2v) is 5.27. The lowest BCUT2D eigenvalue weighted by molar-refractivity contribution is -0.147. The Kier molecular flexibility index (Phi) is 5.72. The van der Waals surface area contributed by atoms with Crippen LogP contribution >= 0.6 is 0 Å². The molecule has 0 atom stereocenters. The summed E-state index contributed by atoms with van der Waals surface area (Å²) in [5.41, 5.74) is 0.421. The molecule has 2 amide bonds. The number of benzene rings is 1. The van der Waals surface area contributed by atoms with Crippen LogP contribution in [0.4, 0.5) is 10.5 Å². The van der Waals surface area contributed by atoms with E-state index in [1.165, 1.54) is 18.7 Å². The molecular formula is C15H23N3O3. The van der Waals surface area contributed by atoms with Gasteiger partial charge in [-0.1, -0.05) is 12.1 Å². The predicted molar refractivity (Wildman–Crippen MR) is 82.3 cm³/mol. The molecule has 0 heterocycles. The summed E-state index contributed by atoms with van der Waals surface area (Å²) in [6.07, 6.45) is 0. The van der Waals surface area contributed by atoms with Gasteiger partial charge in [-0.25, -0.2) is 9.59 Å². The van der Waals surface area contributed by atoms with Crippen molar-refractivity contribution in [3.05, 3.63) is 29.8 Å². The Balaban J connectivity index is 2.88. The number of nitrogens with zero attached hydrogens (tertiary/aromatic N) is 1. The Bertz CT molecular complexity index is 515. The molecule has 0 saturated carbocycles. The SMILES string of the molecule is CCN(C(=O)Nc1cccc(CNC)c1)C(C)(C)C(=O)O. The van der Waals surface area contributed by atoms with Crippen LogP contribution in [0.5, 0.6) is 0 Å². The first-order chi connectivity index (χ1) is 9.82. The minimum atomic E-state index is -1.26. The molecule has 0 saturated heterocycles. The highest BCUT2D eigenvalue weighted by Gasteiger charge is 2.36. The molecule has 0 fully saturated rings. The highest BCUT2D eigenvalue weighted by Crippen LogP contribution is 2.17. The number of likely N-dealkylation sites (N-methyl/N-ethyl adjacent to an activating group) is 1. The van der Waals surface area contributed by atoms with Gasteiger partial charge in [-0.05, 0) is 45.5 Å². The molecule has 0 radical (unpaired) electrons. The summed E-state index contributed by atoms with van der Waals surface area (Å²) in [6.45, 7) is 5.77. The van der Waals surface area contributed by atoms with Gasteiger partial charge >= 0.3 is 12.0 Å². The summed E-state index contributed by atoms with van der Waals surface area (Å²) in [5, 5.41) is 15.0. The van der Waals surface area contributed by atoms with Crippen molar-refractivity contribution in [1.29, 1.82) is 0 Å². The van der Waals surface area contributed by atoms with Crippen LogP contribution in [0, 0.1) is 0 Å². The lowest BCUT2D eigenvalue weighted by Gasteiger charge is -2.34. The number of anilines is 1. The second kappa shape index (κ2) is 7.08. The van der Waals surface area contributed by atoms with Crippen molar-refractivity contribution in [3.8, 4) is 0 Å². The molecule has 1 aromatic rings. The number of carbonyl (C=O) groups is 2. The van der Waals surface area contributed by atoms with Gasteiger partial charge in [0.25, 0.3) is 0 Å². The first kappa shape index (κ1) is 17.0. The number of carboxylic acid groups (broad SMARTS) is 1. The average molecular weight is 293 g/mol. The van der Waals surface area contributed by atoms with Crippen molar-refractivity contribution >= 4 is 17.7 Å². The van der Waals surface area contributed by atoms with Gasteiger partial charge in [0.05, 0.1) is 0 Å². The summed E-state index contributed by atoms with van der Waals surface area (Å²) in [4.78, 5) is 24.9. The van der Waals surface area contributed by atoms with Crippen LogP contribution in [0.15, 0.2) is 24.3 Å². The first-order valence-corrected chi connectivity index (χ1v) is 6.88. The number of amides is 2. The number of rotatable bonds is 6. The van der Waals surface area contributed by atoms with Crippen LogP contribution in [-0.2, 0) is 11.3 Å². The van der Waals surface area contributed by atoms with Crippen molar-refractivity contribution in [1.82, 2.24) is 10.2 Å². The van der Waals surface area contributed by atoms with E-state index in [-0.39, 0.29) is 0 Å². The summed E-state index contributed by atoms with van der Waals surface area (Å²) >= 11 is 0. The van der Waals surface area contributed by atoms with Gasteiger partial charge in [0.1, 0.15) is 5.54 Å². The van der Waals surface area contributed by atoms with E-state index < -0.39 is 17.5 Å². The van der Waals surface area contributed by atoms with Gasteiger partial charge in [-0.2, -0.15) is 0 Å². The fourth-order valence-electron chi connectivity index (χ4n) is 2.06. The fraction of sp³-hybridized carbons (Fsp3) is 0.467. The molecule has 116 valence electrons. The first-order valence-electron chi connectivity index (χ1n) is 6.88. The van der Waals surface area contributed by atoms with Crippen molar-refractivity contribution in [2.45, 2.75) is 32.9 Å². The zero-order valence-electron chi connectivity index (χ0n) is 12.9. The van der Waals surface area contributed by atoms with Crippen LogP contribution < -0.4 is 10.6 Å². The van der Waals surface area contributed by atoms with Crippen LogP contribution in [0.1, 0.15) is 26.3 Å². The molecule has 0 aromatic heterocycles. The van der Waals surface area contributed by atoms with Crippen molar-refractivity contribution in [2.24, 2.45) is 0 Å². The minimum absolute atomic E-state index is 0.307. The average Bonchev–Trinajstić information content (AvgIpc) is 2.39. The Morgan fingerprint density at radius 1 is 1.33 bits per heavy atom. The second-order valence-electron chi connectivity index (χ2n) is 5.27. The molecule has 6 heteroatoms. The maximum Gasteiger partial charge on any atom is 0.329 e. The minimum Gasteiger partial charge on any atom is -0.480 e. The normalized spacial score (nSPS) is 11.0. The summed E-state index contributed by atoms with van der Waals surface area (Å²) in [6, 6.07) is 7.01. The number of urea groups is 1. The maximum atomic E-state index is 12.3. The number of hydrogen-bond donors (Lipinski definition) is 3. The lowest BCUT2D eigenvalue weighted by Crippen LogP contribution is -2.54. The van der Waals surface area contributed by atoms with Crippen molar-refractivity contribution < 1.29 is 14.7 Å². The van der Waals surface area contributed by atoms with Crippen LogP contribution in [-0.4, -0.2) is 41.1 Å². The van der Waals surface area contributed by atoms with Crippen LogP contribution in [0.2, 0.25) is 0 Å². The Morgan fingerprint density at radius 3 is 2.52 bits per heavy atom. The van der Waals surface area contributed by atoms with E-state index >= 15 is 0 Å². The maximum absolute atomic E-state index is 12.3. The number of aliphatic carboxylic acids is 1. The standard InChI is InChI=1S/C15H23N3O3/c1-5-18(15(2,3)13(19)20)14(21)17-12-8-6-7-11(9-12)10-16-4/h6-9,16H,5,10H2,1-4H3,(H,17,21)(H,19,20). The molecule has 6 nitrogen and oxygen atoms in total. The zero-order chi connectivity index (χ0) is 16.0. The number of nitrogens with one attached hydrogen (secondary N) is 2. The van der Waals surface area contributed by atoms with Crippen LogP contribution in [0.3, 0.4) is 0 Å². The smallest absolute Gasteiger partial charge is 0.329 e. The van der Waals surface area contributed by atoms with Crippen molar-refractivity contribution in [3.63, 3.8) is 0 Å². The Hall–Kier alpha value is -2.08. The molecule has 0 aliphatic carbocycles. The highest BCUT2D eigenvalue weighted by molar-refractivity contribution is 5.93.